The second kappa shape index (κ2) is 39.8. The van der Waals surface area contributed by atoms with E-state index in [1.54, 1.807) is 0 Å². The first-order chi connectivity index (χ1) is 0. The maximum Gasteiger partial charge on any atom is 3.00 e. The van der Waals surface area contributed by atoms with E-state index in [-0.39, 0.29) is 126 Å². The monoisotopic (exact) mass is 286 g/mol. The van der Waals surface area contributed by atoms with Crippen LogP contribution in [0.1, 0.15) is 0 Å². The molecule has 0 rings (SSSR count). The van der Waals surface area contributed by atoms with E-state index < -0.39 is 0 Å². The van der Waals surface area contributed by atoms with Crippen molar-refractivity contribution in [1.82, 2.24) is 0 Å². The molecule has 6 heavy (non-hydrogen) atoms. The summed E-state index contributed by atoms with van der Waals surface area (Å²) in [7, 11) is 0. The predicted molar refractivity (Wildman–Crippen MR) is 2.06 cm³/mol. The van der Waals surface area contributed by atoms with Crippen LogP contribution in [0.3, 0.4) is 0 Å². The molecule has 0 atom stereocenters. The molecule has 0 bridgehead atoms. The Hall–Kier alpha value is 3.40. The van der Waals surface area contributed by atoms with E-state index in [0.29, 0.717) is 0 Å². The zero-order valence-electron chi connectivity index (χ0n) is 3.06. The van der Waals surface area contributed by atoms with Crippen LogP contribution in [-0.4, -0.2) is 0 Å². The SMILES string of the molecule is [Ce+3].[Co+2].[K+].[O-2].[O-2].[O-2]. The summed E-state index contributed by atoms with van der Waals surface area (Å²) in [5.41, 5.74) is 0. The maximum atomic E-state index is 0. The van der Waals surface area contributed by atoms with Gasteiger partial charge < -0.3 is 16.4 Å². The minimum Gasteiger partial charge on any atom is -2.00 e. The summed E-state index contributed by atoms with van der Waals surface area (Å²) in [5, 5.41) is 0. The van der Waals surface area contributed by atoms with Crippen molar-refractivity contribution >= 4 is 0 Å². The van der Waals surface area contributed by atoms with Crippen LogP contribution < -0.4 is 51.4 Å². The first-order valence-corrected chi connectivity index (χ1v) is 0. The molecule has 2 radical (unpaired) electrons. The molecular weight excluding hydrogens is 286 g/mol. The van der Waals surface area contributed by atoms with Crippen LogP contribution in [0.4, 0.5) is 0 Å². The van der Waals surface area contributed by atoms with E-state index in [2.05, 4.69) is 0 Å². The Bertz CT molecular complexity index is 10.8. The van der Waals surface area contributed by atoms with Gasteiger partial charge in [-0.15, -0.1) is 0 Å². The molecule has 0 aliphatic heterocycles. The van der Waals surface area contributed by atoms with Crippen molar-refractivity contribution in [3.63, 3.8) is 0 Å². The largest absolute Gasteiger partial charge is 3.00 e. The average Bonchev–Trinajstić information content (AvgIpc) is 0. The predicted octanol–water partition coefficient (Wildman–Crippen LogP) is -3.35. The van der Waals surface area contributed by atoms with E-state index in [0.717, 1.165) is 0 Å². The quantitative estimate of drug-likeness (QED) is 0.417. The van der Waals surface area contributed by atoms with Gasteiger partial charge in [0.25, 0.3) is 0 Å². The van der Waals surface area contributed by atoms with Crippen LogP contribution >= 0.6 is 0 Å². The average molecular weight is 286 g/mol. The molecule has 32 valence electrons. The van der Waals surface area contributed by atoms with Gasteiger partial charge in [0.05, 0.1) is 0 Å². The minimum absolute atomic E-state index is 0. The Labute approximate surface area is 123 Å². The third-order valence-corrected chi connectivity index (χ3v) is 0. The Kier molecular flexibility index (Phi) is 381. The second-order valence-electron chi connectivity index (χ2n) is 0. The van der Waals surface area contributed by atoms with Crippen molar-refractivity contribution in [2.75, 3.05) is 0 Å². The molecule has 0 N–H and O–H groups in total. The van der Waals surface area contributed by atoms with Gasteiger partial charge in [0.1, 0.15) is 0 Å². The summed E-state index contributed by atoms with van der Waals surface area (Å²) < 4.78 is 0. The van der Waals surface area contributed by atoms with Gasteiger partial charge in [-0.2, -0.15) is 0 Å². The molecule has 0 aliphatic rings. The molecule has 0 aromatic heterocycles. The zero-order valence-corrected chi connectivity index (χ0v) is 10.4. The van der Waals surface area contributed by atoms with E-state index in [4.69, 9.17) is 0 Å². The third kappa shape index (κ3) is 26.2. The summed E-state index contributed by atoms with van der Waals surface area (Å²) in [6.45, 7) is 0. The van der Waals surface area contributed by atoms with Crippen LogP contribution in [0.15, 0.2) is 0 Å². The van der Waals surface area contributed by atoms with Crippen LogP contribution in [-0.2, 0) is 33.2 Å². The van der Waals surface area contributed by atoms with Gasteiger partial charge in [-0.05, 0) is 0 Å². The minimum atomic E-state index is 0. The number of rotatable bonds is 0. The zero-order chi connectivity index (χ0) is 0. The van der Waals surface area contributed by atoms with E-state index in [9.17, 15) is 0 Å². The number of hydrogen-bond donors (Lipinski definition) is 0. The Morgan fingerprint density at radius 3 is 0.667 bits per heavy atom. The summed E-state index contributed by atoms with van der Waals surface area (Å²) in [6, 6.07) is 0. The third-order valence-electron chi connectivity index (χ3n) is 0. The first kappa shape index (κ1) is 57.4. The molecular formula is CeCoKO3. The summed E-state index contributed by atoms with van der Waals surface area (Å²) >= 11 is 0. The molecule has 0 heterocycles. The van der Waals surface area contributed by atoms with Gasteiger partial charge in [-0.1, -0.05) is 0 Å². The van der Waals surface area contributed by atoms with E-state index in [1.807, 2.05) is 0 Å². The van der Waals surface area contributed by atoms with Crippen molar-refractivity contribution < 1.29 is 126 Å². The molecule has 0 aromatic carbocycles. The molecule has 0 fully saturated rings. The molecule has 0 aromatic rings. The summed E-state index contributed by atoms with van der Waals surface area (Å²) in [4.78, 5) is 0. The van der Waals surface area contributed by atoms with Crippen molar-refractivity contribution in [1.29, 1.82) is 0 Å². The smallest absolute Gasteiger partial charge is 2.00 e. The van der Waals surface area contributed by atoms with E-state index >= 15 is 0 Å². The Morgan fingerprint density at radius 2 is 0.667 bits per heavy atom. The first-order valence-electron chi connectivity index (χ1n) is 0. The molecule has 3 nitrogen and oxygen atoms in total. The van der Waals surface area contributed by atoms with Crippen LogP contribution in [0, 0.1) is 41.7 Å². The van der Waals surface area contributed by atoms with Crippen molar-refractivity contribution in [3.05, 3.63) is 0 Å². The molecule has 0 unspecified atom stereocenters. The topological polar surface area (TPSA) is 85.5 Å². The van der Waals surface area contributed by atoms with Crippen LogP contribution in [0.2, 0.25) is 0 Å². The van der Waals surface area contributed by atoms with E-state index in [1.165, 1.54) is 0 Å². The van der Waals surface area contributed by atoms with Crippen molar-refractivity contribution in [3.8, 4) is 0 Å². The van der Waals surface area contributed by atoms with Gasteiger partial charge in [0, 0.05) is 0 Å². The van der Waals surface area contributed by atoms with Gasteiger partial charge >= 0.3 is 110 Å². The molecule has 0 amide bonds. The van der Waals surface area contributed by atoms with Gasteiger partial charge in [-0.25, -0.2) is 0 Å². The Balaban J connectivity index is 0. The normalized spacial score (nSPS) is 0. The molecule has 0 saturated carbocycles. The summed E-state index contributed by atoms with van der Waals surface area (Å²) in [5.74, 6) is 0. The molecule has 0 spiro atoms. The van der Waals surface area contributed by atoms with Gasteiger partial charge in [0.15, 0.2) is 0 Å². The standard InChI is InChI=1S/Ce.Co.K.3O/q+3;+2;+1;3*-2. The van der Waals surface area contributed by atoms with Gasteiger partial charge in [0.2, 0.25) is 0 Å². The molecule has 0 saturated heterocycles. The second-order valence-corrected chi connectivity index (χ2v) is 0. The molecule has 6 heteroatoms. The van der Waals surface area contributed by atoms with Crippen molar-refractivity contribution in [2.24, 2.45) is 0 Å². The molecule has 0 aliphatic carbocycles. The van der Waals surface area contributed by atoms with Crippen LogP contribution in [0.25, 0.3) is 0 Å². The van der Waals surface area contributed by atoms with Gasteiger partial charge in [-0.3, -0.25) is 0 Å². The maximum absolute atomic E-state index is 0. The fourth-order valence-electron chi connectivity index (χ4n) is 0. The Morgan fingerprint density at radius 1 is 0.667 bits per heavy atom. The number of hydrogen-bond acceptors (Lipinski definition) is 0. The van der Waals surface area contributed by atoms with Crippen molar-refractivity contribution in [2.45, 2.75) is 0 Å². The fourth-order valence-corrected chi connectivity index (χ4v) is 0. The summed E-state index contributed by atoms with van der Waals surface area (Å²) in [6.07, 6.45) is 0. The fraction of sp³-hybridized carbons (Fsp3) is 0. The van der Waals surface area contributed by atoms with Crippen LogP contribution in [0.5, 0.6) is 0 Å².